The number of benzene rings is 1. The van der Waals surface area contributed by atoms with Crippen LogP contribution in [0, 0.1) is 5.92 Å². The molecule has 3 rings (SSSR count). The van der Waals surface area contributed by atoms with Crippen LogP contribution in [0.25, 0.3) is 0 Å². The molecule has 2 aliphatic rings. The van der Waals surface area contributed by atoms with Gasteiger partial charge in [-0.15, -0.1) is 24.8 Å². The molecule has 0 aromatic heterocycles. The zero-order valence-electron chi connectivity index (χ0n) is 14.1. The van der Waals surface area contributed by atoms with Crippen LogP contribution in [0.4, 0.5) is 5.69 Å². The summed E-state index contributed by atoms with van der Waals surface area (Å²) in [7, 11) is 0. The van der Waals surface area contributed by atoms with E-state index in [1.807, 2.05) is 12.1 Å². The average Bonchev–Trinajstić information content (AvgIpc) is 3.02. The number of nitrogens with two attached hydrogens (primary N) is 1. The quantitative estimate of drug-likeness (QED) is 0.847. The second-order valence-electron chi connectivity index (χ2n) is 6.75. The summed E-state index contributed by atoms with van der Waals surface area (Å²) in [6.45, 7) is 3.26. The zero-order valence-corrected chi connectivity index (χ0v) is 15.7. The van der Waals surface area contributed by atoms with E-state index in [-0.39, 0.29) is 42.7 Å². The zero-order chi connectivity index (χ0) is 15.4. The first-order chi connectivity index (χ1) is 10.7. The summed E-state index contributed by atoms with van der Waals surface area (Å²) in [6, 6.07) is 8.38. The molecule has 0 spiro atoms. The highest BCUT2D eigenvalue weighted by atomic mass is 35.5. The van der Waals surface area contributed by atoms with Gasteiger partial charge in [0.1, 0.15) is 0 Å². The van der Waals surface area contributed by atoms with Crippen molar-refractivity contribution in [2.75, 3.05) is 18.4 Å². The highest BCUT2D eigenvalue weighted by Gasteiger charge is 2.25. The van der Waals surface area contributed by atoms with E-state index in [9.17, 15) is 4.79 Å². The van der Waals surface area contributed by atoms with Gasteiger partial charge in [0.15, 0.2) is 0 Å². The van der Waals surface area contributed by atoms with E-state index in [1.165, 1.54) is 31.5 Å². The predicted molar refractivity (Wildman–Crippen MR) is 104 cm³/mol. The van der Waals surface area contributed by atoms with Crippen LogP contribution in [0.1, 0.15) is 44.1 Å². The normalized spacial score (nSPS) is 23.9. The molecule has 4 nitrogen and oxygen atoms in total. The van der Waals surface area contributed by atoms with Gasteiger partial charge in [0.2, 0.25) is 5.91 Å². The number of hydrogen-bond donors (Lipinski definition) is 2. The first kappa shape index (κ1) is 21.2. The molecule has 1 aliphatic heterocycles. The number of para-hydroxylation sites is 1. The minimum atomic E-state index is 0. The Morgan fingerprint density at radius 2 is 1.83 bits per heavy atom. The number of carbonyl (C=O) groups is 1. The third-order valence-electron chi connectivity index (χ3n) is 4.95. The SMILES string of the molecule is Cl.Cl.N[C@H]1CCC[C@@H](C(=O)Nc2ccccc2CN2CCCC2)C1. The Morgan fingerprint density at radius 1 is 1.12 bits per heavy atom. The van der Waals surface area contributed by atoms with E-state index in [0.717, 1.165) is 37.9 Å². The Kier molecular flexibility index (Phi) is 9.06. The van der Waals surface area contributed by atoms with Crippen molar-refractivity contribution in [3.63, 3.8) is 0 Å². The first-order valence-electron chi connectivity index (χ1n) is 8.59. The van der Waals surface area contributed by atoms with E-state index in [2.05, 4.69) is 22.3 Å². The Bertz CT molecular complexity index is 521. The van der Waals surface area contributed by atoms with Gasteiger partial charge in [-0.05, 0) is 56.8 Å². The lowest BCUT2D eigenvalue weighted by Crippen LogP contribution is -2.34. The van der Waals surface area contributed by atoms with Crippen LogP contribution >= 0.6 is 24.8 Å². The molecule has 1 heterocycles. The number of rotatable bonds is 4. The third-order valence-corrected chi connectivity index (χ3v) is 4.95. The molecular formula is C18H29Cl2N3O. The molecule has 1 aromatic rings. The van der Waals surface area contributed by atoms with Crippen molar-refractivity contribution in [2.24, 2.45) is 11.7 Å². The standard InChI is InChI=1S/C18H27N3O.2ClH/c19-16-8-5-7-14(12-16)18(22)20-17-9-2-1-6-15(17)13-21-10-3-4-11-21;;/h1-2,6,9,14,16H,3-5,7-8,10-13,19H2,(H,20,22);2*1H/t14-,16+;;/m1../s1. The molecule has 136 valence electrons. The summed E-state index contributed by atoms with van der Waals surface area (Å²) in [5.74, 6) is 0.215. The Hall–Kier alpha value is -0.810. The van der Waals surface area contributed by atoms with E-state index < -0.39 is 0 Å². The number of anilines is 1. The fraction of sp³-hybridized carbons (Fsp3) is 0.611. The molecule has 0 unspecified atom stereocenters. The van der Waals surface area contributed by atoms with Gasteiger partial charge in [0.05, 0.1) is 0 Å². The lowest BCUT2D eigenvalue weighted by molar-refractivity contribution is -0.120. The van der Waals surface area contributed by atoms with Crippen molar-refractivity contribution in [1.82, 2.24) is 4.90 Å². The number of hydrogen-bond acceptors (Lipinski definition) is 3. The fourth-order valence-corrected chi connectivity index (χ4v) is 3.66. The van der Waals surface area contributed by atoms with Gasteiger partial charge in [-0.1, -0.05) is 24.6 Å². The second-order valence-corrected chi connectivity index (χ2v) is 6.75. The summed E-state index contributed by atoms with van der Waals surface area (Å²) < 4.78 is 0. The molecule has 1 saturated carbocycles. The third kappa shape index (κ3) is 5.62. The number of likely N-dealkylation sites (tertiary alicyclic amines) is 1. The van der Waals surface area contributed by atoms with E-state index >= 15 is 0 Å². The van der Waals surface area contributed by atoms with Crippen LogP contribution in [0.3, 0.4) is 0 Å². The van der Waals surface area contributed by atoms with Crippen LogP contribution < -0.4 is 11.1 Å². The van der Waals surface area contributed by atoms with Crippen molar-refractivity contribution >= 4 is 36.4 Å². The molecule has 1 aliphatic carbocycles. The maximum absolute atomic E-state index is 12.5. The van der Waals surface area contributed by atoms with Gasteiger partial charge in [-0.25, -0.2) is 0 Å². The van der Waals surface area contributed by atoms with E-state index in [4.69, 9.17) is 5.73 Å². The fourth-order valence-electron chi connectivity index (χ4n) is 3.66. The van der Waals surface area contributed by atoms with Crippen molar-refractivity contribution in [2.45, 2.75) is 51.1 Å². The predicted octanol–water partition coefficient (Wildman–Crippen LogP) is 3.58. The van der Waals surface area contributed by atoms with Gasteiger partial charge in [-0.3, -0.25) is 9.69 Å². The van der Waals surface area contributed by atoms with Crippen molar-refractivity contribution in [1.29, 1.82) is 0 Å². The summed E-state index contributed by atoms with van der Waals surface area (Å²) >= 11 is 0. The number of nitrogens with one attached hydrogen (secondary N) is 1. The van der Waals surface area contributed by atoms with Crippen LogP contribution in [0.15, 0.2) is 24.3 Å². The first-order valence-corrected chi connectivity index (χ1v) is 8.59. The van der Waals surface area contributed by atoms with Gasteiger partial charge >= 0.3 is 0 Å². The lowest BCUT2D eigenvalue weighted by atomic mass is 9.85. The number of halogens is 2. The van der Waals surface area contributed by atoms with Crippen molar-refractivity contribution < 1.29 is 4.79 Å². The molecule has 1 saturated heterocycles. The summed E-state index contributed by atoms with van der Waals surface area (Å²) in [5, 5.41) is 3.15. The van der Waals surface area contributed by atoms with Gasteiger partial charge in [0, 0.05) is 24.2 Å². The second kappa shape index (κ2) is 10.2. The number of carbonyl (C=O) groups excluding carboxylic acids is 1. The van der Waals surface area contributed by atoms with Crippen molar-refractivity contribution in [3.05, 3.63) is 29.8 Å². The highest BCUT2D eigenvalue weighted by molar-refractivity contribution is 5.93. The molecule has 6 heteroatoms. The van der Waals surface area contributed by atoms with Crippen LogP contribution in [-0.4, -0.2) is 29.9 Å². The molecule has 0 radical (unpaired) electrons. The summed E-state index contributed by atoms with van der Waals surface area (Å²) in [4.78, 5) is 15.0. The Morgan fingerprint density at radius 3 is 2.54 bits per heavy atom. The molecular weight excluding hydrogens is 345 g/mol. The molecule has 1 aromatic carbocycles. The molecule has 3 N–H and O–H groups in total. The highest BCUT2D eigenvalue weighted by Crippen LogP contribution is 2.26. The van der Waals surface area contributed by atoms with E-state index in [0.29, 0.717) is 0 Å². The molecule has 1 amide bonds. The van der Waals surface area contributed by atoms with Gasteiger partial charge in [-0.2, -0.15) is 0 Å². The van der Waals surface area contributed by atoms with Crippen LogP contribution in [0.2, 0.25) is 0 Å². The average molecular weight is 374 g/mol. The molecule has 0 bridgehead atoms. The number of amides is 1. The molecule has 24 heavy (non-hydrogen) atoms. The maximum Gasteiger partial charge on any atom is 0.227 e. The summed E-state index contributed by atoms with van der Waals surface area (Å²) in [6.07, 6.45) is 6.47. The van der Waals surface area contributed by atoms with Crippen molar-refractivity contribution in [3.8, 4) is 0 Å². The Balaban J connectivity index is 0.00000144. The molecule has 2 fully saturated rings. The largest absolute Gasteiger partial charge is 0.328 e. The Labute approximate surface area is 157 Å². The van der Waals surface area contributed by atoms with Crippen LogP contribution in [0.5, 0.6) is 0 Å². The number of nitrogens with zero attached hydrogens (tertiary/aromatic N) is 1. The molecule has 2 atom stereocenters. The van der Waals surface area contributed by atoms with Gasteiger partial charge < -0.3 is 11.1 Å². The van der Waals surface area contributed by atoms with E-state index in [1.54, 1.807) is 0 Å². The van der Waals surface area contributed by atoms with Gasteiger partial charge in [0.25, 0.3) is 0 Å². The smallest absolute Gasteiger partial charge is 0.227 e. The minimum absolute atomic E-state index is 0. The maximum atomic E-state index is 12.5. The topological polar surface area (TPSA) is 58.4 Å². The van der Waals surface area contributed by atoms with Crippen LogP contribution in [-0.2, 0) is 11.3 Å². The monoisotopic (exact) mass is 373 g/mol. The minimum Gasteiger partial charge on any atom is -0.328 e. The summed E-state index contributed by atoms with van der Waals surface area (Å²) in [5.41, 5.74) is 8.20. The lowest BCUT2D eigenvalue weighted by Gasteiger charge is -2.26.